The molecule has 1 atom stereocenters. The van der Waals surface area contributed by atoms with Gasteiger partial charge in [0, 0.05) is 18.0 Å². The lowest BCUT2D eigenvalue weighted by Gasteiger charge is -2.18. The minimum atomic E-state index is -0.650. The first-order chi connectivity index (χ1) is 11.6. The van der Waals surface area contributed by atoms with Crippen LogP contribution in [0.5, 0.6) is 5.75 Å². The third-order valence-corrected chi connectivity index (χ3v) is 3.41. The Labute approximate surface area is 136 Å². The summed E-state index contributed by atoms with van der Waals surface area (Å²) < 4.78 is 20.9. The molecule has 0 aliphatic rings. The molecule has 3 rings (SSSR count). The van der Waals surface area contributed by atoms with Crippen LogP contribution in [0.4, 0.5) is 10.2 Å². The van der Waals surface area contributed by atoms with Gasteiger partial charge in [0.1, 0.15) is 18.1 Å². The molecule has 122 valence electrons. The van der Waals surface area contributed by atoms with E-state index in [-0.39, 0.29) is 11.6 Å². The highest BCUT2D eigenvalue weighted by Crippen LogP contribution is 2.31. The summed E-state index contributed by atoms with van der Waals surface area (Å²) in [6, 6.07) is 8.95. The molecule has 1 aromatic carbocycles. The van der Waals surface area contributed by atoms with Gasteiger partial charge in [-0.25, -0.2) is 9.07 Å². The molecule has 8 heteroatoms. The van der Waals surface area contributed by atoms with Crippen molar-refractivity contribution >= 4 is 5.82 Å². The van der Waals surface area contributed by atoms with Crippen molar-refractivity contribution in [2.75, 3.05) is 0 Å². The normalized spacial score (nSPS) is 11.9. The van der Waals surface area contributed by atoms with Crippen molar-refractivity contribution < 1.29 is 14.1 Å². The predicted molar refractivity (Wildman–Crippen MR) is 83.5 cm³/mol. The number of pyridine rings is 1. The van der Waals surface area contributed by atoms with Gasteiger partial charge in [0.2, 0.25) is 5.75 Å². The maximum absolute atomic E-state index is 13.7. The average Bonchev–Trinajstić information content (AvgIpc) is 3.09. The number of nitro groups is 1. The highest BCUT2D eigenvalue weighted by molar-refractivity contribution is 5.44. The summed E-state index contributed by atoms with van der Waals surface area (Å²) in [5, 5.41) is 15.2. The Kier molecular flexibility index (Phi) is 4.19. The molecule has 2 aromatic heterocycles. The van der Waals surface area contributed by atoms with Gasteiger partial charge in [-0.3, -0.25) is 0 Å². The second-order valence-corrected chi connectivity index (χ2v) is 5.00. The van der Waals surface area contributed by atoms with Crippen LogP contribution in [0.25, 0.3) is 5.69 Å². The Morgan fingerprint density at radius 1 is 1.29 bits per heavy atom. The lowest BCUT2D eigenvalue weighted by molar-refractivity contribution is -0.390. The van der Waals surface area contributed by atoms with Crippen LogP contribution in [0.2, 0.25) is 0 Å². The van der Waals surface area contributed by atoms with E-state index in [0.717, 1.165) is 0 Å². The zero-order chi connectivity index (χ0) is 17.1. The fraction of sp³-hybridized carbons (Fsp3) is 0.125. The lowest BCUT2D eigenvalue weighted by atomic mass is 10.1. The van der Waals surface area contributed by atoms with Crippen LogP contribution < -0.4 is 4.74 Å². The molecular formula is C16H13FN4O3. The zero-order valence-electron chi connectivity index (χ0n) is 12.7. The van der Waals surface area contributed by atoms with E-state index in [4.69, 9.17) is 4.74 Å². The van der Waals surface area contributed by atoms with Crippen molar-refractivity contribution in [2.45, 2.75) is 13.0 Å². The first kappa shape index (κ1) is 15.6. The largest absolute Gasteiger partial charge is 0.478 e. The Balaban J connectivity index is 1.98. The molecular weight excluding hydrogens is 315 g/mol. The molecule has 2 heterocycles. The molecule has 0 N–H and O–H groups in total. The van der Waals surface area contributed by atoms with Gasteiger partial charge in [0.05, 0.1) is 5.69 Å². The van der Waals surface area contributed by atoms with E-state index in [1.54, 1.807) is 36.1 Å². The summed E-state index contributed by atoms with van der Waals surface area (Å²) in [4.78, 5) is 14.1. The number of ether oxygens (including phenoxy) is 1. The third kappa shape index (κ3) is 3.07. The number of aromatic nitrogens is 3. The van der Waals surface area contributed by atoms with Gasteiger partial charge in [-0.2, -0.15) is 5.10 Å². The quantitative estimate of drug-likeness (QED) is 0.529. The van der Waals surface area contributed by atoms with E-state index in [1.807, 2.05) is 0 Å². The fourth-order valence-electron chi connectivity index (χ4n) is 2.34. The van der Waals surface area contributed by atoms with Crippen molar-refractivity contribution in [1.82, 2.24) is 14.8 Å². The molecule has 0 aliphatic carbocycles. The molecule has 0 amide bonds. The lowest BCUT2D eigenvalue weighted by Crippen LogP contribution is -2.10. The molecule has 0 unspecified atom stereocenters. The topological polar surface area (TPSA) is 83.1 Å². The monoisotopic (exact) mass is 328 g/mol. The average molecular weight is 328 g/mol. The summed E-state index contributed by atoms with van der Waals surface area (Å²) in [7, 11) is 0. The molecule has 24 heavy (non-hydrogen) atoms. The number of rotatable bonds is 5. The number of benzene rings is 1. The summed E-state index contributed by atoms with van der Waals surface area (Å²) >= 11 is 0. The van der Waals surface area contributed by atoms with E-state index in [0.29, 0.717) is 11.3 Å². The first-order valence-electron chi connectivity index (χ1n) is 7.12. The fourth-order valence-corrected chi connectivity index (χ4v) is 2.34. The second kappa shape index (κ2) is 6.45. The molecule has 3 aromatic rings. The maximum atomic E-state index is 13.7. The van der Waals surface area contributed by atoms with Crippen LogP contribution in [-0.2, 0) is 0 Å². The van der Waals surface area contributed by atoms with Crippen molar-refractivity contribution in [1.29, 1.82) is 0 Å². The minimum Gasteiger partial charge on any atom is -0.478 e. The summed E-state index contributed by atoms with van der Waals surface area (Å²) in [6.45, 7) is 1.68. The number of hydrogen-bond acceptors (Lipinski definition) is 5. The Hall–Kier alpha value is -3.29. The van der Waals surface area contributed by atoms with Gasteiger partial charge in [-0.15, -0.1) is 0 Å². The number of halogens is 1. The summed E-state index contributed by atoms with van der Waals surface area (Å²) in [5.41, 5.74) is 1.14. The third-order valence-electron chi connectivity index (χ3n) is 3.41. The standard InChI is InChI=1S/C16H13FN4O3/c1-11(24-15-4-2-7-18-16(15)21(22)23)13-10-12(17)5-6-14(13)20-9-3-8-19-20/h2-11H,1H3/t11-/m0/s1. The molecule has 7 nitrogen and oxygen atoms in total. The van der Waals surface area contributed by atoms with Crippen molar-refractivity contribution in [3.05, 3.63) is 76.5 Å². The predicted octanol–water partition coefficient (Wildman–Crippen LogP) is 3.45. The van der Waals surface area contributed by atoms with Crippen LogP contribution in [0.15, 0.2) is 55.0 Å². The van der Waals surface area contributed by atoms with E-state index >= 15 is 0 Å². The number of nitrogens with zero attached hydrogens (tertiary/aromatic N) is 4. The SMILES string of the molecule is C[C@H](Oc1cccnc1[N+](=O)[O-])c1cc(F)ccc1-n1cccn1. The summed E-state index contributed by atoms with van der Waals surface area (Å²) in [6.07, 6.45) is 3.98. The molecule has 0 bridgehead atoms. The first-order valence-corrected chi connectivity index (χ1v) is 7.12. The number of hydrogen-bond donors (Lipinski definition) is 0. The van der Waals surface area contributed by atoms with E-state index < -0.39 is 16.8 Å². The van der Waals surface area contributed by atoms with Crippen LogP contribution >= 0.6 is 0 Å². The van der Waals surface area contributed by atoms with Gasteiger partial charge in [0.25, 0.3) is 0 Å². The smallest absolute Gasteiger partial charge is 0.406 e. The van der Waals surface area contributed by atoms with Crippen molar-refractivity contribution in [3.63, 3.8) is 0 Å². The Morgan fingerprint density at radius 2 is 2.12 bits per heavy atom. The van der Waals surface area contributed by atoms with Gasteiger partial charge < -0.3 is 14.9 Å². The van der Waals surface area contributed by atoms with Crippen molar-refractivity contribution in [3.8, 4) is 11.4 Å². The van der Waals surface area contributed by atoms with Gasteiger partial charge >= 0.3 is 5.82 Å². The van der Waals surface area contributed by atoms with E-state index in [9.17, 15) is 14.5 Å². The molecule has 0 radical (unpaired) electrons. The Bertz CT molecular complexity index is 868. The Morgan fingerprint density at radius 3 is 2.83 bits per heavy atom. The van der Waals surface area contributed by atoms with Crippen LogP contribution in [0, 0.1) is 15.9 Å². The minimum absolute atomic E-state index is 0.0191. The van der Waals surface area contributed by atoms with Crippen LogP contribution in [0.3, 0.4) is 0 Å². The van der Waals surface area contributed by atoms with Gasteiger partial charge in [-0.1, -0.05) is 0 Å². The molecule has 0 saturated carbocycles. The molecule has 0 aliphatic heterocycles. The van der Waals surface area contributed by atoms with E-state index in [1.165, 1.54) is 30.5 Å². The highest BCUT2D eigenvalue weighted by atomic mass is 19.1. The maximum Gasteiger partial charge on any atom is 0.406 e. The summed E-state index contributed by atoms with van der Waals surface area (Å²) in [5.74, 6) is -0.802. The van der Waals surface area contributed by atoms with Gasteiger partial charge in [0.15, 0.2) is 0 Å². The van der Waals surface area contributed by atoms with Crippen molar-refractivity contribution in [2.24, 2.45) is 0 Å². The second-order valence-electron chi connectivity index (χ2n) is 5.00. The zero-order valence-corrected chi connectivity index (χ0v) is 12.7. The van der Waals surface area contributed by atoms with Gasteiger partial charge in [-0.05, 0) is 53.2 Å². The highest BCUT2D eigenvalue weighted by Gasteiger charge is 2.21. The molecule has 0 fully saturated rings. The molecule has 0 spiro atoms. The van der Waals surface area contributed by atoms with E-state index in [2.05, 4.69) is 10.1 Å². The molecule has 0 saturated heterocycles. The van der Waals surface area contributed by atoms with Crippen LogP contribution in [-0.4, -0.2) is 19.7 Å². The van der Waals surface area contributed by atoms with Crippen LogP contribution in [0.1, 0.15) is 18.6 Å².